The first-order chi connectivity index (χ1) is 5.72. The maximum absolute atomic E-state index is 6.01. The van der Waals surface area contributed by atoms with Crippen molar-refractivity contribution in [1.29, 1.82) is 0 Å². The quantitative estimate of drug-likeness (QED) is 0.584. The normalized spacial score (nSPS) is 16.0. The van der Waals surface area contributed by atoms with Gasteiger partial charge < -0.3 is 5.73 Å². The Kier molecular flexibility index (Phi) is 7.58. The van der Waals surface area contributed by atoms with Gasteiger partial charge in [0.05, 0.1) is 0 Å². The van der Waals surface area contributed by atoms with E-state index in [-0.39, 0.29) is 0 Å². The molecule has 12 heavy (non-hydrogen) atoms. The molecule has 0 aromatic heterocycles. The maximum atomic E-state index is 6.01. The molecule has 0 aliphatic rings. The molecule has 2 unspecified atom stereocenters. The summed E-state index contributed by atoms with van der Waals surface area (Å²) < 4.78 is 0. The van der Waals surface area contributed by atoms with E-state index in [4.69, 9.17) is 5.73 Å². The SMILES string of the molecule is CCCCCCC(N)C(C)CC. The zero-order chi connectivity index (χ0) is 9.40. The molecule has 0 bridgehead atoms. The lowest BCUT2D eigenvalue weighted by atomic mass is 9.95. The minimum absolute atomic E-state index is 0.437. The largest absolute Gasteiger partial charge is 0.327 e. The third-order valence-electron chi connectivity index (χ3n) is 2.77. The van der Waals surface area contributed by atoms with Crippen LogP contribution < -0.4 is 5.73 Å². The minimum Gasteiger partial charge on any atom is -0.327 e. The number of rotatable bonds is 7. The highest BCUT2D eigenvalue weighted by molar-refractivity contribution is 4.67. The van der Waals surface area contributed by atoms with Gasteiger partial charge in [0.25, 0.3) is 0 Å². The van der Waals surface area contributed by atoms with Gasteiger partial charge in [0.15, 0.2) is 0 Å². The summed E-state index contributed by atoms with van der Waals surface area (Å²) in [6.07, 6.45) is 7.80. The van der Waals surface area contributed by atoms with Gasteiger partial charge in [-0.15, -0.1) is 0 Å². The third kappa shape index (κ3) is 5.59. The zero-order valence-corrected chi connectivity index (χ0v) is 8.97. The van der Waals surface area contributed by atoms with Crippen molar-refractivity contribution < 1.29 is 0 Å². The van der Waals surface area contributed by atoms with E-state index >= 15 is 0 Å². The van der Waals surface area contributed by atoms with Crippen molar-refractivity contribution in [2.45, 2.75) is 65.3 Å². The van der Waals surface area contributed by atoms with Crippen molar-refractivity contribution in [2.75, 3.05) is 0 Å². The van der Waals surface area contributed by atoms with Gasteiger partial charge in [0, 0.05) is 6.04 Å². The van der Waals surface area contributed by atoms with E-state index in [1.165, 1.54) is 38.5 Å². The second kappa shape index (κ2) is 7.60. The van der Waals surface area contributed by atoms with Gasteiger partial charge in [-0.2, -0.15) is 0 Å². The van der Waals surface area contributed by atoms with Gasteiger partial charge >= 0.3 is 0 Å². The van der Waals surface area contributed by atoms with Gasteiger partial charge in [-0.3, -0.25) is 0 Å². The van der Waals surface area contributed by atoms with E-state index in [0.717, 1.165) is 0 Å². The Labute approximate surface area is 77.7 Å². The van der Waals surface area contributed by atoms with Crippen molar-refractivity contribution in [2.24, 2.45) is 11.7 Å². The van der Waals surface area contributed by atoms with Gasteiger partial charge in [-0.1, -0.05) is 52.9 Å². The number of unbranched alkanes of at least 4 members (excludes halogenated alkanes) is 3. The predicted molar refractivity (Wildman–Crippen MR) is 56.2 cm³/mol. The van der Waals surface area contributed by atoms with Crippen molar-refractivity contribution in [3.63, 3.8) is 0 Å². The first-order valence-corrected chi connectivity index (χ1v) is 5.47. The van der Waals surface area contributed by atoms with Crippen LogP contribution in [0.4, 0.5) is 0 Å². The van der Waals surface area contributed by atoms with E-state index in [1.54, 1.807) is 0 Å². The zero-order valence-electron chi connectivity index (χ0n) is 8.97. The molecule has 0 heterocycles. The molecule has 0 aromatic carbocycles. The maximum Gasteiger partial charge on any atom is 0.00644 e. The van der Waals surface area contributed by atoms with Crippen LogP contribution in [0.5, 0.6) is 0 Å². The van der Waals surface area contributed by atoms with Crippen LogP contribution in [-0.4, -0.2) is 6.04 Å². The van der Waals surface area contributed by atoms with Crippen molar-refractivity contribution in [3.8, 4) is 0 Å². The topological polar surface area (TPSA) is 26.0 Å². The minimum atomic E-state index is 0.437. The Balaban J connectivity index is 3.24. The number of nitrogens with two attached hydrogens (primary N) is 1. The van der Waals surface area contributed by atoms with Crippen LogP contribution in [0.25, 0.3) is 0 Å². The molecule has 0 aliphatic heterocycles. The highest BCUT2D eigenvalue weighted by Crippen LogP contribution is 2.12. The van der Waals surface area contributed by atoms with E-state index in [0.29, 0.717) is 12.0 Å². The summed E-state index contributed by atoms with van der Waals surface area (Å²) in [7, 11) is 0. The standard InChI is InChI=1S/C11H25N/c1-4-6-7-8-9-11(12)10(3)5-2/h10-11H,4-9,12H2,1-3H3. The fourth-order valence-corrected chi connectivity index (χ4v) is 1.39. The summed E-state index contributed by atoms with van der Waals surface area (Å²) in [4.78, 5) is 0. The Hall–Kier alpha value is -0.0400. The highest BCUT2D eigenvalue weighted by atomic mass is 14.6. The fraction of sp³-hybridized carbons (Fsp3) is 1.00. The Morgan fingerprint density at radius 3 is 2.25 bits per heavy atom. The molecular weight excluding hydrogens is 146 g/mol. The number of hydrogen-bond donors (Lipinski definition) is 1. The molecule has 0 rings (SSSR count). The van der Waals surface area contributed by atoms with Crippen LogP contribution in [0, 0.1) is 5.92 Å². The molecule has 0 spiro atoms. The lowest BCUT2D eigenvalue weighted by Crippen LogP contribution is -2.27. The summed E-state index contributed by atoms with van der Waals surface area (Å²) >= 11 is 0. The molecule has 1 nitrogen and oxygen atoms in total. The van der Waals surface area contributed by atoms with Gasteiger partial charge in [0.1, 0.15) is 0 Å². The first-order valence-electron chi connectivity index (χ1n) is 5.47. The third-order valence-corrected chi connectivity index (χ3v) is 2.77. The van der Waals surface area contributed by atoms with Gasteiger partial charge in [-0.05, 0) is 12.3 Å². The summed E-state index contributed by atoms with van der Waals surface area (Å²) in [5.74, 6) is 0.701. The Morgan fingerprint density at radius 1 is 1.08 bits per heavy atom. The number of hydrogen-bond acceptors (Lipinski definition) is 1. The molecule has 2 atom stereocenters. The van der Waals surface area contributed by atoms with Crippen LogP contribution in [0.2, 0.25) is 0 Å². The van der Waals surface area contributed by atoms with Gasteiger partial charge in [0.2, 0.25) is 0 Å². The van der Waals surface area contributed by atoms with E-state index < -0.39 is 0 Å². The lowest BCUT2D eigenvalue weighted by Gasteiger charge is -2.17. The first kappa shape index (κ1) is 12.0. The average molecular weight is 171 g/mol. The molecule has 0 aromatic rings. The summed E-state index contributed by atoms with van der Waals surface area (Å²) in [5, 5.41) is 0. The van der Waals surface area contributed by atoms with Crippen LogP contribution in [0.3, 0.4) is 0 Å². The van der Waals surface area contributed by atoms with Crippen molar-refractivity contribution in [1.82, 2.24) is 0 Å². The van der Waals surface area contributed by atoms with Crippen LogP contribution in [-0.2, 0) is 0 Å². The molecule has 74 valence electrons. The molecule has 0 aliphatic carbocycles. The average Bonchev–Trinajstić information content (AvgIpc) is 2.10. The van der Waals surface area contributed by atoms with Crippen molar-refractivity contribution in [3.05, 3.63) is 0 Å². The Morgan fingerprint density at radius 2 is 1.75 bits per heavy atom. The molecule has 0 fully saturated rings. The molecule has 0 radical (unpaired) electrons. The highest BCUT2D eigenvalue weighted by Gasteiger charge is 2.09. The van der Waals surface area contributed by atoms with E-state index in [9.17, 15) is 0 Å². The summed E-state index contributed by atoms with van der Waals surface area (Å²) in [5.41, 5.74) is 6.01. The lowest BCUT2D eigenvalue weighted by molar-refractivity contribution is 0.405. The van der Waals surface area contributed by atoms with E-state index in [1.807, 2.05) is 0 Å². The molecule has 1 heteroatoms. The van der Waals surface area contributed by atoms with Crippen LogP contribution in [0.1, 0.15) is 59.3 Å². The Bertz CT molecular complexity index is 91.0. The van der Waals surface area contributed by atoms with Crippen LogP contribution >= 0.6 is 0 Å². The second-order valence-electron chi connectivity index (χ2n) is 3.90. The predicted octanol–water partition coefficient (Wildman–Crippen LogP) is 3.33. The second-order valence-corrected chi connectivity index (χ2v) is 3.90. The summed E-state index contributed by atoms with van der Waals surface area (Å²) in [6, 6.07) is 0.437. The van der Waals surface area contributed by atoms with Gasteiger partial charge in [-0.25, -0.2) is 0 Å². The van der Waals surface area contributed by atoms with E-state index in [2.05, 4.69) is 20.8 Å². The molecule has 0 amide bonds. The smallest absolute Gasteiger partial charge is 0.00644 e. The van der Waals surface area contributed by atoms with Crippen LogP contribution in [0.15, 0.2) is 0 Å². The fourth-order valence-electron chi connectivity index (χ4n) is 1.39. The molecule has 0 saturated carbocycles. The molecule has 0 saturated heterocycles. The van der Waals surface area contributed by atoms with Crippen molar-refractivity contribution >= 4 is 0 Å². The molecule has 2 N–H and O–H groups in total. The molecular formula is C11H25N. The summed E-state index contributed by atoms with van der Waals surface area (Å²) in [6.45, 7) is 6.72. The monoisotopic (exact) mass is 171 g/mol.